The molecule has 0 unspecified atom stereocenters. The highest BCUT2D eigenvalue weighted by atomic mass is 19.4. The predicted octanol–water partition coefficient (Wildman–Crippen LogP) is 6.04. The Balaban J connectivity index is 1.29. The minimum absolute atomic E-state index is 0.0283. The molecule has 0 spiro atoms. The summed E-state index contributed by atoms with van der Waals surface area (Å²) in [6.45, 7) is 6.10. The maximum absolute atomic E-state index is 14.0. The van der Waals surface area contributed by atoms with Crippen LogP contribution in [0, 0.1) is 24.7 Å². The van der Waals surface area contributed by atoms with E-state index in [2.05, 4.69) is 20.4 Å². The molecule has 1 aromatic carbocycles. The van der Waals surface area contributed by atoms with Crippen LogP contribution in [0.4, 0.5) is 32.2 Å². The van der Waals surface area contributed by atoms with Crippen LogP contribution in [0.1, 0.15) is 42.4 Å². The SMILES string of the molecule is Cc1ccc(C(F)(F)F)cc1-c1cc(C(F)(F)F)c(NC2C[C@@H]3CN(CC4CCOCC4)C[C@H]3C2)nn1. The van der Waals surface area contributed by atoms with Crippen molar-refractivity contribution >= 4 is 5.82 Å². The molecule has 3 aliphatic rings. The summed E-state index contributed by atoms with van der Waals surface area (Å²) in [6, 6.07) is 3.58. The third kappa shape index (κ3) is 5.87. The second-order valence-electron chi connectivity index (χ2n) is 10.6. The van der Waals surface area contributed by atoms with Crippen molar-refractivity contribution in [3.63, 3.8) is 0 Å². The number of nitrogens with zero attached hydrogens (tertiary/aromatic N) is 3. The van der Waals surface area contributed by atoms with Crippen LogP contribution in [-0.2, 0) is 17.1 Å². The van der Waals surface area contributed by atoms with Gasteiger partial charge in [0.05, 0.1) is 11.3 Å². The predicted molar refractivity (Wildman–Crippen MR) is 126 cm³/mol. The Bertz CT molecular complexity index is 1100. The van der Waals surface area contributed by atoms with E-state index in [1.54, 1.807) is 0 Å². The van der Waals surface area contributed by atoms with E-state index in [1.807, 2.05) is 0 Å². The van der Waals surface area contributed by atoms with Crippen molar-refractivity contribution in [3.05, 3.63) is 41.0 Å². The molecule has 5 nitrogen and oxygen atoms in total. The summed E-state index contributed by atoms with van der Waals surface area (Å²) in [5.41, 5.74) is -1.86. The summed E-state index contributed by atoms with van der Waals surface area (Å²) in [5, 5.41) is 10.7. The van der Waals surface area contributed by atoms with Crippen LogP contribution in [0.15, 0.2) is 24.3 Å². The standard InChI is InChI=1S/C26H30F6N4O/c1-15-2-3-19(25(27,28)29)10-21(15)23-11-22(26(30,31)32)24(35-34-23)33-20-8-17-13-36(14-18(17)9-20)12-16-4-6-37-7-5-16/h2-3,10-11,16-18,20H,4-9,12-14H2,1H3,(H,33,35)/t17-,18-/m1/s1. The Morgan fingerprint density at radius 3 is 2.24 bits per heavy atom. The number of alkyl halides is 6. The van der Waals surface area contributed by atoms with E-state index in [4.69, 9.17) is 4.74 Å². The maximum atomic E-state index is 14.0. The lowest BCUT2D eigenvalue weighted by atomic mass is 10.00. The molecule has 2 aliphatic heterocycles. The van der Waals surface area contributed by atoms with Crippen molar-refractivity contribution in [2.75, 3.05) is 38.2 Å². The van der Waals surface area contributed by atoms with E-state index in [0.717, 1.165) is 76.7 Å². The van der Waals surface area contributed by atoms with Crippen LogP contribution < -0.4 is 5.32 Å². The van der Waals surface area contributed by atoms with Crippen LogP contribution in [0.5, 0.6) is 0 Å². The third-order valence-electron chi connectivity index (χ3n) is 7.96. The minimum Gasteiger partial charge on any atom is -0.381 e. The number of likely N-dealkylation sites (tertiary alicyclic amines) is 1. The molecule has 3 heterocycles. The van der Waals surface area contributed by atoms with Gasteiger partial charge < -0.3 is 15.0 Å². The monoisotopic (exact) mass is 528 g/mol. The zero-order chi connectivity index (χ0) is 26.4. The summed E-state index contributed by atoms with van der Waals surface area (Å²) in [4.78, 5) is 2.48. The van der Waals surface area contributed by atoms with Crippen molar-refractivity contribution in [3.8, 4) is 11.3 Å². The zero-order valence-corrected chi connectivity index (χ0v) is 20.5. The number of halogens is 6. The molecular formula is C26H30F6N4O. The van der Waals surface area contributed by atoms with Gasteiger partial charge >= 0.3 is 12.4 Å². The molecule has 3 fully saturated rings. The molecule has 37 heavy (non-hydrogen) atoms. The second-order valence-corrected chi connectivity index (χ2v) is 10.6. The summed E-state index contributed by atoms with van der Waals surface area (Å²) < 4.78 is 86.9. The van der Waals surface area contributed by atoms with E-state index in [1.165, 1.54) is 13.0 Å². The van der Waals surface area contributed by atoms with Gasteiger partial charge in [0, 0.05) is 44.5 Å². The minimum atomic E-state index is -4.74. The highest BCUT2D eigenvalue weighted by Gasteiger charge is 2.43. The first kappa shape index (κ1) is 26.2. The quantitative estimate of drug-likeness (QED) is 0.480. The van der Waals surface area contributed by atoms with Crippen LogP contribution in [0.25, 0.3) is 11.3 Å². The third-order valence-corrected chi connectivity index (χ3v) is 7.96. The Morgan fingerprint density at radius 2 is 1.62 bits per heavy atom. The molecule has 2 saturated heterocycles. The van der Waals surface area contributed by atoms with Gasteiger partial charge in [-0.2, -0.15) is 26.3 Å². The van der Waals surface area contributed by atoms with Crippen LogP contribution in [-0.4, -0.2) is 54.0 Å². The lowest BCUT2D eigenvalue weighted by molar-refractivity contribution is -0.138. The molecule has 1 aromatic heterocycles. The van der Waals surface area contributed by atoms with E-state index in [9.17, 15) is 26.3 Å². The smallest absolute Gasteiger partial charge is 0.381 e. The number of rotatable bonds is 5. The molecule has 0 amide bonds. The summed E-state index contributed by atoms with van der Waals surface area (Å²) in [6.07, 6.45) is -5.70. The molecule has 1 saturated carbocycles. The fourth-order valence-corrected chi connectivity index (χ4v) is 6.07. The molecule has 202 valence electrons. The van der Waals surface area contributed by atoms with Crippen molar-refractivity contribution in [1.29, 1.82) is 0 Å². The normalized spacial score (nSPS) is 24.0. The topological polar surface area (TPSA) is 50.3 Å². The van der Waals surface area contributed by atoms with Gasteiger partial charge in [0.25, 0.3) is 0 Å². The van der Waals surface area contributed by atoms with Crippen molar-refractivity contribution in [2.24, 2.45) is 17.8 Å². The summed E-state index contributed by atoms with van der Waals surface area (Å²) in [5.74, 6) is 1.12. The van der Waals surface area contributed by atoms with Gasteiger partial charge in [-0.1, -0.05) is 6.07 Å². The number of aromatic nitrogens is 2. The molecular weight excluding hydrogens is 498 g/mol. The van der Waals surface area contributed by atoms with Gasteiger partial charge in [-0.05, 0) is 74.1 Å². The summed E-state index contributed by atoms with van der Waals surface area (Å²) in [7, 11) is 0. The van der Waals surface area contributed by atoms with Crippen molar-refractivity contribution in [2.45, 2.75) is 51.0 Å². The number of ether oxygens (including phenoxy) is 1. The van der Waals surface area contributed by atoms with Gasteiger partial charge in [0.2, 0.25) is 0 Å². The number of aryl methyl sites for hydroxylation is 1. The largest absolute Gasteiger partial charge is 0.420 e. The van der Waals surface area contributed by atoms with Gasteiger partial charge in [-0.15, -0.1) is 10.2 Å². The van der Waals surface area contributed by atoms with Gasteiger partial charge in [0.15, 0.2) is 5.82 Å². The molecule has 11 heteroatoms. The summed E-state index contributed by atoms with van der Waals surface area (Å²) >= 11 is 0. The van der Waals surface area contributed by atoms with Gasteiger partial charge in [-0.25, -0.2) is 0 Å². The first-order valence-electron chi connectivity index (χ1n) is 12.7. The zero-order valence-electron chi connectivity index (χ0n) is 20.5. The van der Waals surface area contributed by atoms with E-state index in [-0.39, 0.29) is 23.1 Å². The molecule has 2 aromatic rings. The number of benzene rings is 1. The Labute approximate surface area is 211 Å². The fraction of sp³-hybridized carbons (Fsp3) is 0.615. The second kappa shape index (κ2) is 10.1. The van der Waals surface area contributed by atoms with Gasteiger partial charge in [0.1, 0.15) is 5.56 Å². The molecule has 5 rings (SSSR count). The van der Waals surface area contributed by atoms with Crippen molar-refractivity contribution in [1.82, 2.24) is 15.1 Å². The number of hydrogen-bond donors (Lipinski definition) is 1. The molecule has 0 bridgehead atoms. The van der Waals surface area contributed by atoms with Gasteiger partial charge in [-0.3, -0.25) is 0 Å². The molecule has 0 radical (unpaired) electrons. The van der Waals surface area contributed by atoms with Crippen LogP contribution in [0.2, 0.25) is 0 Å². The Kier molecular flexibility index (Phi) is 7.12. The number of nitrogens with one attached hydrogen (secondary N) is 1. The highest BCUT2D eigenvalue weighted by molar-refractivity contribution is 5.67. The number of fused-ring (bicyclic) bond motifs is 1. The fourth-order valence-electron chi connectivity index (χ4n) is 6.07. The van der Waals surface area contributed by atoms with Crippen LogP contribution >= 0.6 is 0 Å². The lowest BCUT2D eigenvalue weighted by Crippen LogP contribution is -2.32. The van der Waals surface area contributed by atoms with E-state index < -0.39 is 23.5 Å². The Morgan fingerprint density at radius 1 is 0.946 bits per heavy atom. The maximum Gasteiger partial charge on any atom is 0.420 e. The van der Waals surface area contributed by atoms with Crippen LogP contribution in [0.3, 0.4) is 0 Å². The highest BCUT2D eigenvalue weighted by Crippen LogP contribution is 2.42. The first-order chi connectivity index (χ1) is 17.5. The average Bonchev–Trinajstić information content (AvgIpc) is 3.37. The van der Waals surface area contributed by atoms with E-state index in [0.29, 0.717) is 23.3 Å². The van der Waals surface area contributed by atoms with Crippen molar-refractivity contribution < 1.29 is 31.1 Å². The first-order valence-corrected chi connectivity index (χ1v) is 12.7. The molecule has 1 N–H and O–H groups in total. The average molecular weight is 529 g/mol. The number of anilines is 1. The van der Waals surface area contributed by atoms with E-state index >= 15 is 0 Å². The Hall–Kier alpha value is -2.40. The lowest BCUT2D eigenvalue weighted by Gasteiger charge is -2.28. The molecule has 1 aliphatic carbocycles. The molecule has 2 atom stereocenters. The number of hydrogen-bond acceptors (Lipinski definition) is 5.